The highest BCUT2D eigenvalue weighted by molar-refractivity contribution is 5.51. The summed E-state index contributed by atoms with van der Waals surface area (Å²) in [6.45, 7) is 0. The number of hydrogen-bond donors (Lipinski definition) is 2. The van der Waals surface area contributed by atoms with Crippen molar-refractivity contribution in [3.05, 3.63) is 36.4 Å². The lowest BCUT2D eigenvalue weighted by Gasteiger charge is -2.11. The van der Waals surface area contributed by atoms with Gasteiger partial charge >= 0.3 is 0 Å². The Morgan fingerprint density at radius 1 is 0.737 bits per heavy atom. The monoisotopic (exact) mass is 262 g/mol. The Hall–Kier alpha value is -2.56. The molecule has 0 atom stereocenters. The molecular formula is C14H14O5. The van der Waals surface area contributed by atoms with Crippen molar-refractivity contribution < 1.29 is 24.4 Å². The van der Waals surface area contributed by atoms with Gasteiger partial charge in [-0.3, -0.25) is 0 Å². The number of phenolic OH excluding ortho intramolecular Hbond substituents is 2. The molecule has 0 fully saturated rings. The van der Waals surface area contributed by atoms with Crippen molar-refractivity contribution in [1.82, 2.24) is 0 Å². The Bertz CT molecular complexity index is 529. The Labute approximate surface area is 110 Å². The van der Waals surface area contributed by atoms with Crippen LogP contribution in [0.2, 0.25) is 0 Å². The van der Waals surface area contributed by atoms with Crippen LogP contribution in [0.15, 0.2) is 36.4 Å². The molecule has 5 heteroatoms. The molecule has 0 saturated carbocycles. The Balaban J connectivity index is 2.35. The van der Waals surface area contributed by atoms with E-state index < -0.39 is 0 Å². The van der Waals surface area contributed by atoms with Crippen molar-refractivity contribution in [2.24, 2.45) is 0 Å². The Kier molecular flexibility index (Phi) is 3.66. The zero-order valence-electron chi connectivity index (χ0n) is 10.6. The summed E-state index contributed by atoms with van der Waals surface area (Å²) in [4.78, 5) is 0. The molecule has 0 bridgehead atoms. The standard InChI is InChI=1S/C14H14O5/c1-17-9-3-5-11(15)13(7-9)19-14-8-10(18-2)4-6-12(14)16/h3-8,15-16H,1-2H3. The first kappa shape index (κ1) is 12.9. The lowest BCUT2D eigenvalue weighted by molar-refractivity contribution is 0.369. The van der Waals surface area contributed by atoms with Crippen LogP contribution in [-0.4, -0.2) is 24.4 Å². The summed E-state index contributed by atoms with van der Waals surface area (Å²) in [6.07, 6.45) is 0. The van der Waals surface area contributed by atoms with E-state index in [1.807, 2.05) is 0 Å². The van der Waals surface area contributed by atoms with Gasteiger partial charge in [0.1, 0.15) is 11.5 Å². The van der Waals surface area contributed by atoms with Gasteiger partial charge < -0.3 is 24.4 Å². The van der Waals surface area contributed by atoms with Gasteiger partial charge in [0.25, 0.3) is 0 Å². The fraction of sp³-hybridized carbons (Fsp3) is 0.143. The van der Waals surface area contributed by atoms with Crippen LogP contribution in [0.4, 0.5) is 0 Å². The molecule has 2 N–H and O–H groups in total. The molecule has 0 radical (unpaired) electrons. The second-order valence-electron chi connectivity index (χ2n) is 3.77. The second kappa shape index (κ2) is 5.39. The van der Waals surface area contributed by atoms with Crippen LogP contribution in [0, 0.1) is 0 Å². The maximum Gasteiger partial charge on any atom is 0.172 e. The molecule has 0 heterocycles. The van der Waals surface area contributed by atoms with E-state index in [-0.39, 0.29) is 23.0 Å². The summed E-state index contributed by atoms with van der Waals surface area (Å²) in [5.41, 5.74) is 0. The van der Waals surface area contributed by atoms with Gasteiger partial charge in [0, 0.05) is 12.1 Å². The molecule has 0 saturated heterocycles. The third-order valence-corrected chi connectivity index (χ3v) is 2.55. The molecule has 0 aliphatic heterocycles. The van der Waals surface area contributed by atoms with Gasteiger partial charge in [-0.1, -0.05) is 0 Å². The van der Waals surface area contributed by atoms with Crippen molar-refractivity contribution in [1.29, 1.82) is 0 Å². The first-order chi connectivity index (χ1) is 9.13. The number of aromatic hydroxyl groups is 2. The van der Waals surface area contributed by atoms with Crippen molar-refractivity contribution in [2.45, 2.75) is 0 Å². The minimum Gasteiger partial charge on any atom is -0.504 e. The molecule has 100 valence electrons. The number of phenols is 2. The van der Waals surface area contributed by atoms with Crippen LogP contribution < -0.4 is 14.2 Å². The molecule has 2 aromatic rings. The van der Waals surface area contributed by atoms with Crippen LogP contribution in [-0.2, 0) is 0 Å². The van der Waals surface area contributed by atoms with E-state index in [1.165, 1.54) is 38.5 Å². The molecule has 5 nitrogen and oxygen atoms in total. The van der Waals surface area contributed by atoms with Crippen molar-refractivity contribution in [3.8, 4) is 34.5 Å². The van der Waals surface area contributed by atoms with Crippen LogP contribution in [0.5, 0.6) is 34.5 Å². The smallest absolute Gasteiger partial charge is 0.172 e. The molecular weight excluding hydrogens is 248 g/mol. The zero-order valence-corrected chi connectivity index (χ0v) is 10.6. The summed E-state index contributed by atoms with van der Waals surface area (Å²) in [6, 6.07) is 9.15. The van der Waals surface area contributed by atoms with Crippen LogP contribution in [0.1, 0.15) is 0 Å². The molecule has 19 heavy (non-hydrogen) atoms. The summed E-state index contributed by atoms with van der Waals surface area (Å²) >= 11 is 0. The van der Waals surface area contributed by atoms with Crippen LogP contribution >= 0.6 is 0 Å². The van der Waals surface area contributed by atoms with E-state index in [4.69, 9.17) is 14.2 Å². The second-order valence-corrected chi connectivity index (χ2v) is 3.77. The quantitative estimate of drug-likeness (QED) is 0.886. The van der Waals surface area contributed by atoms with Gasteiger partial charge in [-0.2, -0.15) is 0 Å². The van der Waals surface area contributed by atoms with E-state index in [1.54, 1.807) is 12.1 Å². The lowest BCUT2D eigenvalue weighted by atomic mass is 10.2. The van der Waals surface area contributed by atoms with Crippen LogP contribution in [0.25, 0.3) is 0 Å². The highest BCUT2D eigenvalue weighted by Gasteiger charge is 2.10. The summed E-state index contributed by atoms with van der Waals surface area (Å²) in [5, 5.41) is 19.4. The minimum absolute atomic E-state index is 0.0528. The lowest BCUT2D eigenvalue weighted by Crippen LogP contribution is -1.89. The maximum absolute atomic E-state index is 9.72. The highest BCUT2D eigenvalue weighted by atomic mass is 16.5. The van der Waals surface area contributed by atoms with E-state index in [2.05, 4.69) is 0 Å². The molecule has 0 aliphatic carbocycles. The Morgan fingerprint density at radius 2 is 1.16 bits per heavy atom. The van der Waals surface area contributed by atoms with Crippen molar-refractivity contribution in [3.63, 3.8) is 0 Å². The average molecular weight is 262 g/mol. The van der Waals surface area contributed by atoms with Gasteiger partial charge in [0.05, 0.1) is 14.2 Å². The van der Waals surface area contributed by atoms with Gasteiger partial charge in [0.15, 0.2) is 23.0 Å². The van der Waals surface area contributed by atoms with Gasteiger partial charge in [0.2, 0.25) is 0 Å². The molecule has 2 aromatic carbocycles. The van der Waals surface area contributed by atoms with Crippen molar-refractivity contribution in [2.75, 3.05) is 14.2 Å². The summed E-state index contributed by atoms with van der Waals surface area (Å²) < 4.78 is 15.6. The average Bonchev–Trinajstić information content (AvgIpc) is 2.43. The summed E-state index contributed by atoms with van der Waals surface area (Å²) in [7, 11) is 3.03. The number of hydrogen-bond acceptors (Lipinski definition) is 5. The molecule has 0 aromatic heterocycles. The predicted molar refractivity (Wildman–Crippen MR) is 69.4 cm³/mol. The van der Waals surface area contributed by atoms with Gasteiger partial charge in [-0.15, -0.1) is 0 Å². The molecule has 0 amide bonds. The molecule has 0 spiro atoms. The van der Waals surface area contributed by atoms with E-state index in [0.717, 1.165) is 0 Å². The van der Waals surface area contributed by atoms with E-state index in [0.29, 0.717) is 11.5 Å². The van der Waals surface area contributed by atoms with Gasteiger partial charge in [-0.25, -0.2) is 0 Å². The van der Waals surface area contributed by atoms with Gasteiger partial charge in [-0.05, 0) is 24.3 Å². The normalized spacial score (nSPS) is 10.0. The third kappa shape index (κ3) is 2.82. The number of ether oxygens (including phenoxy) is 3. The molecule has 2 rings (SSSR count). The maximum atomic E-state index is 9.72. The number of benzene rings is 2. The molecule has 0 unspecified atom stereocenters. The van der Waals surface area contributed by atoms with E-state index >= 15 is 0 Å². The first-order valence-electron chi connectivity index (χ1n) is 5.56. The van der Waals surface area contributed by atoms with Crippen LogP contribution in [0.3, 0.4) is 0 Å². The fourth-order valence-corrected chi connectivity index (χ4v) is 1.52. The van der Waals surface area contributed by atoms with E-state index in [9.17, 15) is 10.2 Å². The topological polar surface area (TPSA) is 68.2 Å². The highest BCUT2D eigenvalue weighted by Crippen LogP contribution is 2.38. The fourth-order valence-electron chi connectivity index (χ4n) is 1.52. The number of methoxy groups -OCH3 is 2. The summed E-state index contributed by atoms with van der Waals surface area (Å²) in [5.74, 6) is 1.34. The zero-order chi connectivity index (χ0) is 13.8. The largest absolute Gasteiger partial charge is 0.504 e. The Morgan fingerprint density at radius 3 is 1.53 bits per heavy atom. The SMILES string of the molecule is COc1ccc(O)c(Oc2cc(OC)ccc2O)c1. The molecule has 0 aliphatic rings. The van der Waals surface area contributed by atoms with Crippen molar-refractivity contribution >= 4 is 0 Å². The third-order valence-electron chi connectivity index (χ3n) is 2.55. The number of rotatable bonds is 4. The predicted octanol–water partition coefficient (Wildman–Crippen LogP) is 2.91. The first-order valence-corrected chi connectivity index (χ1v) is 5.56. The minimum atomic E-state index is -0.0528.